The Labute approximate surface area is 198 Å². The van der Waals surface area contributed by atoms with Crippen molar-refractivity contribution >= 4 is 11.6 Å². The Balaban J connectivity index is 3.23. The first kappa shape index (κ1) is 28.3. The van der Waals surface area contributed by atoms with Gasteiger partial charge in [-0.2, -0.15) is 0 Å². The Morgan fingerprint density at radius 1 is 0.844 bits per heavy atom. The second kappa shape index (κ2) is 12.5. The number of carbonyl (C=O) groups is 2. The van der Waals surface area contributed by atoms with Crippen molar-refractivity contribution in [3.63, 3.8) is 0 Å². The molecule has 2 atom stereocenters. The lowest BCUT2D eigenvalue weighted by atomic mass is 9.55. The number of ketones is 2. The van der Waals surface area contributed by atoms with Crippen molar-refractivity contribution in [3.05, 3.63) is 46.6 Å². The molecule has 0 aliphatic heterocycles. The molecule has 0 N–H and O–H groups in total. The predicted octanol–water partition coefficient (Wildman–Crippen LogP) is 8.73. The summed E-state index contributed by atoms with van der Waals surface area (Å²) in [6.07, 6.45) is 14.7. The number of hydrogen-bond acceptors (Lipinski definition) is 2. The third kappa shape index (κ3) is 8.68. The van der Waals surface area contributed by atoms with E-state index in [1.807, 2.05) is 0 Å². The predicted molar refractivity (Wildman–Crippen MR) is 139 cm³/mol. The lowest BCUT2D eigenvalue weighted by molar-refractivity contribution is -0.149. The molecule has 2 nitrogen and oxygen atoms in total. The number of Topliss-reactive ketones (excluding diaryl/α,β-unsaturated/α-hetero) is 2. The van der Waals surface area contributed by atoms with Crippen LogP contribution in [-0.4, -0.2) is 11.6 Å². The van der Waals surface area contributed by atoms with E-state index in [4.69, 9.17) is 0 Å². The number of rotatable bonds is 11. The van der Waals surface area contributed by atoms with Crippen LogP contribution in [0.1, 0.15) is 114 Å². The number of carbonyl (C=O) groups excluding carboxylic acids is 2. The molecule has 0 amide bonds. The van der Waals surface area contributed by atoms with Crippen LogP contribution in [0.25, 0.3) is 0 Å². The van der Waals surface area contributed by atoms with Gasteiger partial charge in [-0.1, -0.05) is 60.4 Å². The maximum Gasteiger partial charge on any atom is 0.147 e. The van der Waals surface area contributed by atoms with Crippen LogP contribution in [0.4, 0.5) is 0 Å². The van der Waals surface area contributed by atoms with Crippen LogP contribution in [0.2, 0.25) is 0 Å². The molecule has 0 aromatic heterocycles. The maximum atomic E-state index is 13.6. The van der Waals surface area contributed by atoms with Crippen LogP contribution in [0.3, 0.4) is 0 Å². The number of allylic oxidation sites excluding steroid dienone is 8. The molecule has 0 aromatic carbocycles. The van der Waals surface area contributed by atoms with Crippen molar-refractivity contribution in [2.24, 2.45) is 16.7 Å². The van der Waals surface area contributed by atoms with E-state index in [1.165, 1.54) is 22.3 Å². The maximum absolute atomic E-state index is 13.6. The molecular weight excluding hydrogens is 392 g/mol. The minimum Gasteiger partial charge on any atom is -0.299 e. The van der Waals surface area contributed by atoms with Gasteiger partial charge < -0.3 is 0 Å². The first-order valence-corrected chi connectivity index (χ1v) is 12.4. The van der Waals surface area contributed by atoms with Gasteiger partial charge in [0.25, 0.3) is 0 Å². The van der Waals surface area contributed by atoms with E-state index in [0.29, 0.717) is 31.6 Å². The molecule has 0 unspecified atom stereocenters. The molecule has 1 fully saturated rings. The van der Waals surface area contributed by atoms with Gasteiger partial charge in [-0.15, -0.1) is 0 Å². The quantitative estimate of drug-likeness (QED) is 0.238. The molecule has 32 heavy (non-hydrogen) atoms. The molecule has 180 valence electrons. The normalized spacial score (nSPS) is 22.8. The Bertz CT molecular complexity index is 776. The zero-order valence-electron chi connectivity index (χ0n) is 22.4. The molecule has 1 saturated carbocycles. The standard InChI is InChI=1S/C30H48O2/c1-22(2)12-10-14-25(7)18-19-30(27(31)15-11-13-23(3)4)20-26(17-16-24(5)6)29(8,9)21-28(30)32/h12-13,16,18,26H,10-11,14-15,17,19-21H2,1-9H3/b25-18+/t26-,30-/m1/s1. The van der Waals surface area contributed by atoms with Crippen molar-refractivity contribution in [2.45, 2.75) is 114 Å². The summed E-state index contributed by atoms with van der Waals surface area (Å²) in [5.74, 6) is 0.638. The highest BCUT2D eigenvalue weighted by molar-refractivity contribution is 6.08. The summed E-state index contributed by atoms with van der Waals surface area (Å²) >= 11 is 0. The van der Waals surface area contributed by atoms with E-state index >= 15 is 0 Å². The highest BCUT2D eigenvalue weighted by Gasteiger charge is 2.52. The third-order valence-electron chi connectivity index (χ3n) is 7.01. The van der Waals surface area contributed by atoms with E-state index in [9.17, 15) is 9.59 Å². The molecule has 0 radical (unpaired) electrons. The number of hydrogen-bond donors (Lipinski definition) is 0. The Morgan fingerprint density at radius 3 is 1.91 bits per heavy atom. The van der Waals surface area contributed by atoms with Gasteiger partial charge in [-0.3, -0.25) is 9.59 Å². The fourth-order valence-electron chi connectivity index (χ4n) is 4.67. The zero-order chi connectivity index (χ0) is 24.5. The molecule has 0 aromatic rings. The van der Waals surface area contributed by atoms with Gasteiger partial charge in [-0.25, -0.2) is 0 Å². The topological polar surface area (TPSA) is 34.1 Å². The van der Waals surface area contributed by atoms with Crippen LogP contribution < -0.4 is 0 Å². The summed E-state index contributed by atoms with van der Waals surface area (Å²) in [7, 11) is 0. The van der Waals surface area contributed by atoms with Crippen LogP contribution in [0, 0.1) is 16.7 Å². The van der Waals surface area contributed by atoms with Gasteiger partial charge in [-0.05, 0) is 98.3 Å². The van der Waals surface area contributed by atoms with Crippen molar-refractivity contribution in [1.29, 1.82) is 0 Å². The van der Waals surface area contributed by atoms with Crippen molar-refractivity contribution in [3.8, 4) is 0 Å². The van der Waals surface area contributed by atoms with Crippen molar-refractivity contribution in [1.82, 2.24) is 0 Å². The minimum absolute atomic E-state index is 0.0745. The molecule has 0 spiro atoms. The van der Waals surface area contributed by atoms with Crippen molar-refractivity contribution in [2.75, 3.05) is 0 Å². The van der Waals surface area contributed by atoms with E-state index < -0.39 is 5.41 Å². The van der Waals surface area contributed by atoms with E-state index in [1.54, 1.807) is 0 Å². The molecule has 1 aliphatic carbocycles. The highest BCUT2D eigenvalue weighted by atomic mass is 16.2. The summed E-state index contributed by atoms with van der Waals surface area (Å²) in [5, 5.41) is 0. The summed E-state index contributed by atoms with van der Waals surface area (Å²) < 4.78 is 0. The third-order valence-corrected chi connectivity index (χ3v) is 7.01. The van der Waals surface area contributed by atoms with Gasteiger partial charge >= 0.3 is 0 Å². The second-order valence-electron chi connectivity index (χ2n) is 11.4. The van der Waals surface area contributed by atoms with Crippen LogP contribution >= 0.6 is 0 Å². The first-order valence-electron chi connectivity index (χ1n) is 12.4. The highest BCUT2D eigenvalue weighted by Crippen LogP contribution is 2.51. The summed E-state index contributed by atoms with van der Waals surface area (Å²) in [6.45, 7) is 19.1. The fraction of sp³-hybridized carbons (Fsp3) is 0.667. The minimum atomic E-state index is -0.858. The van der Waals surface area contributed by atoms with Gasteiger partial charge in [0.05, 0.1) is 5.41 Å². The summed E-state index contributed by atoms with van der Waals surface area (Å²) in [5.41, 5.74) is 4.19. The molecule has 2 heteroatoms. The van der Waals surface area contributed by atoms with Gasteiger partial charge in [0.1, 0.15) is 11.6 Å². The molecule has 1 aliphatic rings. The van der Waals surface area contributed by atoms with E-state index in [-0.39, 0.29) is 17.0 Å². The summed E-state index contributed by atoms with van der Waals surface area (Å²) in [4.78, 5) is 27.2. The molecular formula is C30H48O2. The Morgan fingerprint density at radius 2 is 1.38 bits per heavy atom. The zero-order valence-corrected chi connectivity index (χ0v) is 22.4. The Hall–Kier alpha value is -1.70. The lowest BCUT2D eigenvalue weighted by Crippen LogP contribution is -2.49. The van der Waals surface area contributed by atoms with Crippen LogP contribution in [0.15, 0.2) is 46.6 Å². The molecule has 0 heterocycles. The van der Waals surface area contributed by atoms with Gasteiger partial charge in [0, 0.05) is 12.8 Å². The largest absolute Gasteiger partial charge is 0.299 e. The molecule has 1 rings (SSSR count). The monoisotopic (exact) mass is 440 g/mol. The SMILES string of the molecule is CC(C)=CCCC(=O)[C@@]1(C/C=C(\C)CCC=C(C)C)C[C@@H](CC=C(C)C)C(C)(C)CC1=O. The Kier molecular flexibility index (Phi) is 11.1. The molecule has 0 saturated heterocycles. The smallest absolute Gasteiger partial charge is 0.147 e. The first-order chi connectivity index (χ1) is 14.8. The fourth-order valence-corrected chi connectivity index (χ4v) is 4.67. The average molecular weight is 441 g/mol. The van der Waals surface area contributed by atoms with Crippen molar-refractivity contribution < 1.29 is 9.59 Å². The summed E-state index contributed by atoms with van der Waals surface area (Å²) in [6, 6.07) is 0. The van der Waals surface area contributed by atoms with Crippen LogP contribution in [-0.2, 0) is 9.59 Å². The van der Waals surface area contributed by atoms with Crippen LogP contribution in [0.5, 0.6) is 0 Å². The molecule has 0 bridgehead atoms. The average Bonchev–Trinajstić information content (AvgIpc) is 2.65. The van der Waals surface area contributed by atoms with E-state index in [0.717, 1.165) is 25.7 Å². The second-order valence-corrected chi connectivity index (χ2v) is 11.4. The van der Waals surface area contributed by atoms with E-state index in [2.05, 4.69) is 86.6 Å². The van der Waals surface area contributed by atoms with Gasteiger partial charge in [0.2, 0.25) is 0 Å². The lowest BCUT2D eigenvalue weighted by Gasteiger charge is -2.46. The van der Waals surface area contributed by atoms with Gasteiger partial charge in [0.15, 0.2) is 0 Å².